The van der Waals surface area contributed by atoms with Crippen LogP contribution in [0.3, 0.4) is 0 Å². The van der Waals surface area contributed by atoms with Crippen LogP contribution in [-0.2, 0) is 11.2 Å². The van der Waals surface area contributed by atoms with Crippen molar-refractivity contribution in [2.75, 3.05) is 36.4 Å². The third kappa shape index (κ3) is 4.38. The monoisotopic (exact) mass is 365 g/mol. The lowest BCUT2D eigenvalue weighted by Gasteiger charge is -2.25. The summed E-state index contributed by atoms with van der Waals surface area (Å²) in [4.78, 5) is 26.2. The molecule has 1 aromatic carbocycles. The molecule has 0 unspecified atom stereocenters. The number of nitrogens with one attached hydrogen (secondary N) is 1. The summed E-state index contributed by atoms with van der Waals surface area (Å²) in [6.07, 6.45) is 6.84. The van der Waals surface area contributed by atoms with Crippen molar-refractivity contribution in [2.24, 2.45) is 0 Å². The van der Waals surface area contributed by atoms with E-state index in [0.717, 1.165) is 56.2 Å². The molecule has 1 aromatic heterocycles. The average Bonchev–Trinajstić information content (AvgIpc) is 3.42. The number of aromatic nitrogens is 2. The van der Waals surface area contributed by atoms with Crippen LogP contribution >= 0.6 is 0 Å². The van der Waals surface area contributed by atoms with E-state index in [9.17, 15) is 4.79 Å². The fraction of sp³-hybridized carbons (Fsp3) is 0.476. The molecule has 142 valence electrons. The predicted molar refractivity (Wildman–Crippen MR) is 107 cm³/mol. The molecule has 0 saturated carbocycles. The van der Waals surface area contributed by atoms with Crippen LogP contribution in [0.5, 0.6) is 0 Å². The third-order valence-corrected chi connectivity index (χ3v) is 5.40. The van der Waals surface area contributed by atoms with Gasteiger partial charge in [0.2, 0.25) is 5.91 Å². The number of nitrogens with zero attached hydrogens (tertiary/aromatic N) is 4. The fourth-order valence-electron chi connectivity index (χ4n) is 3.93. The van der Waals surface area contributed by atoms with Gasteiger partial charge in [-0.1, -0.05) is 30.3 Å². The van der Waals surface area contributed by atoms with Crippen molar-refractivity contribution in [2.45, 2.75) is 38.1 Å². The molecule has 1 N–H and O–H groups in total. The van der Waals surface area contributed by atoms with Gasteiger partial charge in [0.05, 0.1) is 0 Å². The molecule has 0 bridgehead atoms. The number of amides is 1. The van der Waals surface area contributed by atoms with Crippen LogP contribution in [0.1, 0.15) is 31.2 Å². The highest BCUT2D eigenvalue weighted by Gasteiger charge is 2.27. The molecule has 3 heterocycles. The first-order chi connectivity index (χ1) is 13.3. The molecule has 27 heavy (non-hydrogen) atoms. The lowest BCUT2D eigenvalue weighted by atomic mass is 10.0. The van der Waals surface area contributed by atoms with Gasteiger partial charge < -0.3 is 15.1 Å². The molecule has 6 heteroatoms. The Hall–Kier alpha value is -2.63. The Balaban J connectivity index is 1.53. The van der Waals surface area contributed by atoms with Crippen LogP contribution in [0, 0.1) is 0 Å². The molecule has 6 nitrogen and oxygen atoms in total. The fourth-order valence-corrected chi connectivity index (χ4v) is 3.93. The van der Waals surface area contributed by atoms with Crippen molar-refractivity contribution in [3.63, 3.8) is 0 Å². The Morgan fingerprint density at radius 2 is 1.70 bits per heavy atom. The van der Waals surface area contributed by atoms with Gasteiger partial charge in [-0.2, -0.15) is 0 Å². The molecule has 2 aliphatic rings. The average molecular weight is 365 g/mol. The second-order valence-corrected chi connectivity index (χ2v) is 7.37. The summed E-state index contributed by atoms with van der Waals surface area (Å²) in [5.41, 5.74) is 1.15. The molecule has 2 saturated heterocycles. The summed E-state index contributed by atoms with van der Waals surface area (Å²) >= 11 is 0. The summed E-state index contributed by atoms with van der Waals surface area (Å²) in [7, 11) is 0. The third-order valence-electron chi connectivity index (χ3n) is 5.40. The molecule has 0 aliphatic carbocycles. The van der Waals surface area contributed by atoms with Gasteiger partial charge in [-0.05, 0) is 31.2 Å². The topological polar surface area (TPSA) is 61.4 Å². The molecule has 4 rings (SSSR count). The first kappa shape index (κ1) is 17.8. The zero-order chi connectivity index (χ0) is 18.5. The van der Waals surface area contributed by atoms with E-state index < -0.39 is 0 Å². The van der Waals surface area contributed by atoms with Crippen molar-refractivity contribution in [1.82, 2.24) is 14.9 Å². The maximum Gasteiger partial charge on any atom is 0.245 e. The second-order valence-electron chi connectivity index (χ2n) is 7.37. The zero-order valence-electron chi connectivity index (χ0n) is 15.7. The number of rotatable bonds is 6. The quantitative estimate of drug-likeness (QED) is 0.853. The Bertz CT molecular complexity index is 754. The van der Waals surface area contributed by atoms with Gasteiger partial charge in [0.1, 0.15) is 24.0 Å². The van der Waals surface area contributed by atoms with Gasteiger partial charge >= 0.3 is 0 Å². The summed E-state index contributed by atoms with van der Waals surface area (Å²) in [5.74, 6) is 1.83. The van der Waals surface area contributed by atoms with Crippen LogP contribution in [0.2, 0.25) is 0 Å². The first-order valence-corrected chi connectivity index (χ1v) is 9.96. The first-order valence-electron chi connectivity index (χ1n) is 9.96. The smallest absolute Gasteiger partial charge is 0.245 e. The van der Waals surface area contributed by atoms with Crippen molar-refractivity contribution < 1.29 is 4.79 Å². The number of benzene rings is 1. The SMILES string of the molecule is O=C([C@@H](Cc1ccccc1)Nc1cc(N2CCCC2)ncn1)N1CCCC1. The van der Waals surface area contributed by atoms with Crippen molar-refractivity contribution in [3.8, 4) is 0 Å². The van der Waals surface area contributed by atoms with E-state index in [0.29, 0.717) is 6.42 Å². The van der Waals surface area contributed by atoms with Gasteiger partial charge in [-0.25, -0.2) is 9.97 Å². The maximum absolute atomic E-state index is 13.1. The van der Waals surface area contributed by atoms with Crippen LogP contribution < -0.4 is 10.2 Å². The molecular weight excluding hydrogens is 338 g/mol. The van der Waals surface area contributed by atoms with E-state index in [1.54, 1.807) is 6.33 Å². The van der Waals surface area contributed by atoms with Crippen molar-refractivity contribution >= 4 is 17.5 Å². The summed E-state index contributed by atoms with van der Waals surface area (Å²) in [6, 6.07) is 11.8. The van der Waals surface area contributed by atoms with E-state index in [-0.39, 0.29) is 11.9 Å². The molecule has 2 aliphatic heterocycles. The standard InChI is InChI=1S/C21H27N5O/c27-21(26-12-6-7-13-26)18(14-17-8-2-1-3-9-17)24-19-15-20(23-16-22-19)25-10-4-5-11-25/h1-3,8-9,15-16,18H,4-7,10-14H2,(H,22,23,24)/t18-/m1/s1. The number of carbonyl (C=O) groups excluding carboxylic acids is 1. The van der Waals surface area contributed by atoms with E-state index in [4.69, 9.17) is 0 Å². The Morgan fingerprint density at radius 3 is 2.44 bits per heavy atom. The largest absolute Gasteiger partial charge is 0.358 e. The number of carbonyl (C=O) groups is 1. The molecule has 1 amide bonds. The highest BCUT2D eigenvalue weighted by atomic mass is 16.2. The Kier molecular flexibility index (Phi) is 5.51. The molecule has 0 radical (unpaired) electrons. The number of anilines is 2. The number of hydrogen-bond donors (Lipinski definition) is 1. The van der Waals surface area contributed by atoms with Crippen LogP contribution in [0.25, 0.3) is 0 Å². The van der Waals surface area contributed by atoms with Gasteiger partial charge in [0.25, 0.3) is 0 Å². The predicted octanol–water partition coefficient (Wildman–Crippen LogP) is 2.72. The van der Waals surface area contributed by atoms with Crippen molar-refractivity contribution in [1.29, 1.82) is 0 Å². The number of hydrogen-bond acceptors (Lipinski definition) is 5. The minimum Gasteiger partial charge on any atom is -0.358 e. The molecule has 2 fully saturated rings. The summed E-state index contributed by atoms with van der Waals surface area (Å²) in [5, 5.41) is 3.40. The highest BCUT2D eigenvalue weighted by Crippen LogP contribution is 2.21. The normalized spacial score (nSPS) is 17.9. The molecular formula is C21H27N5O. The zero-order valence-corrected chi connectivity index (χ0v) is 15.7. The minimum atomic E-state index is -0.313. The van der Waals surface area contributed by atoms with Crippen LogP contribution in [-0.4, -0.2) is 53.0 Å². The minimum absolute atomic E-state index is 0.165. The lowest BCUT2D eigenvalue weighted by molar-refractivity contribution is -0.130. The molecule has 0 spiro atoms. The summed E-state index contributed by atoms with van der Waals surface area (Å²) in [6.45, 7) is 3.79. The number of likely N-dealkylation sites (tertiary alicyclic amines) is 1. The van der Waals surface area contributed by atoms with E-state index in [1.165, 1.54) is 12.8 Å². The van der Waals surface area contributed by atoms with E-state index >= 15 is 0 Å². The Morgan fingerprint density at radius 1 is 1.00 bits per heavy atom. The van der Waals surface area contributed by atoms with E-state index in [2.05, 4.69) is 32.3 Å². The molecule has 2 aromatic rings. The Labute approximate surface area is 160 Å². The van der Waals surface area contributed by atoms with Gasteiger partial charge in [0, 0.05) is 38.7 Å². The van der Waals surface area contributed by atoms with Crippen LogP contribution in [0.15, 0.2) is 42.7 Å². The van der Waals surface area contributed by atoms with Gasteiger partial charge in [-0.3, -0.25) is 4.79 Å². The van der Waals surface area contributed by atoms with Crippen molar-refractivity contribution in [3.05, 3.63) is 48.3 Å². The maximum atomic E-state index is 13.1. The van der Waals surface area contributed by atoms with Gasteiger partial charge in [-0.15, -0.1) is 0 Å². The second kappa shape index (κ2) is 8.37. The molecule has 1 atom stereocenters. The van der Waals surface area contributed by atoms with Crippen LogP contribution in [0.4, 0.5) is 11.6 Å². The van der Waals surface area contributed by atoms with E-state index in [1.807, 2.05) is 29.2 Å². The highest BCUT2D eigenvalue weighted by molar-refractivity contribution is 5.85. The lowest BCUT2D eigenvalue weighted by Crippen LogP contribution is -2.43. The summed E-state index contributed by atoms with van der Waals surface area (Å²) < 4.78 is 0. The van der Waals surface area contributed by atoms with Gasteiger partial charge in [0.15, 0.2) is 0 Å².